The first-order valence-electron chi connectivity index (χ1n) is 18.9. The molecule has 262 valence electrons. The fourth-order valence-electron chi connectivity index (χ4n) is 8.41. The molecule has 8 rings (SSSR count). The molecule has 0 saturated carbocycles. The van der Waals surface area contributed by atoms with Gasteiger partial charge < -0.3 is 0 Å². The fraction of sp³-hybridized carbons (Fsp3) is 0.196. The number of hydrogen-bond acceptors (Lipinski definition) is 0. The van der Waals surface area contributed by atoms with Crippen LogP contribution in [0.1, 0.15) is 81.3 Å². The van der Waals surface area contributed by atoms with Crippen molar-refractivity contribution in [1.82, 2.24) is 0 Å². The van der Waals surface area contributed by atoms with Crippen LogP contribution in [0.15, 0.2) is 155 Å². The van der Waals surface area contributed by atoms with Crippen LogP contribution in [0.25, 0.3) is 33.4 Å². The molecule has 0 spiro atoms. The molecule has 2 heteroatoms. The van der Waals surface area contributed by atoms with Crippen LogP contribution in [-0.2, 0) is 38.5 Å². The molecule has 0 heterocycles. The van der Waals surface area contributed by atoms with Gasteiger partial charge in [0.2, 0.25) is 0 Å². The van der Waals surface area contributed by atoms with Gasteiger partial charge in [-0.25, -0.2) is 0 Å². The third-order valence-electron chi connectivity index (χ3n) is 10.9. The zero-order valence-corrected chi connectivity index (χ0v) is 34.9. The average molecular weight is 787 g/mol. The fourth-order valence-corrected chi connectivity index (χ4v) is 17.0. The topological polar surface area (TPSA) is 0 Å². The summed E-state index contributed by atoms with van der Waals surface area (Å²) in [6.45, 7) is 14.3. The first-order chi connectivity index (χ1) is 25.5. The average Bonchev–Trinajstić information content (AvgIpc) is 3.81. The van der Waals surface area contributed by atoms with E-state index in [1.165, 1.54) is 70.0 Å². The molecule has 0 amide bonds. The Balaban J connectivity index is 1.56. The first kappa shape index (κ1) is 35.9. The number of hydrogen-bond donors (Lipinski definition) is 0. The quantitative estimate of drug-likeness (QED) is 0.158. The van der Waals surface area contributed by atoms with E-state index in [1.807, 2.05) is 6.07 Å². The molecule has 0 atom stereocenters. The molecule has 6 aromatic carbocycles. The Kier molecular flexibility index (Phi) is 9.64. The second kappa shape index (κ2) is 14.2. The number of benzene rings is 6. The van der Waals surface area contributed by atoms with E-state index in [9.17, 15) is 0 Å². The summed E-state index contributed by atoms with van der Waals surface area (Å²) >= 11 is 3.77. The van der Waals surface area contributed by atoms with Crippen molar-refractivity contribution in [3.05, 3.63) is 193 Å². The van der Waals surface area contributed by atoms with E-state index in [4.69, 9.17) is 11.6 Å². The van der Waals surface area contributed by atoms with Gasteiger partial charge >= 0.3 is 331 Å². The summed E-state index contributed by atoms with van der Waals surface area (Å²) in [5, 5.41) is 0.782. The Bertz CT molecular complexity index is 2430. The van der Waals surface area contributed by atoms with Gasteiger partial charge in [-0.05, 0) is 0 Å². The van der Waals surface area contributed by atoms with Crippen LogP contribution in [0.2, 0.25) is 5.02 Å². The Morgan fingerprint density at radius 3 is 1.79 bits per heavy atom. The van der Waals surface area contributed by atoms with E-state index in [-0.39, 0.29) is 10.8 Å². The number of halogens is 1. The van der Waals surface area contributed by atoms with Crippen LogP contribution in [0.5, 0.6) is 0 Å². The van der Waals surface area contributed by atoms with Gasteiger partial charge in [0.1, 0.15) is 0 Å². The molecule has 0 aromatic heterocycles. The first-order valence-corrected chi connectivity index (χ1v) is 23.0. The molecule has 0 bridgehead atoms. The summed E-state index contributed by atoms with van der Waals surface area (Å²) < 4.78 is 4.71. The van der Waals surface area contributed by atoms with E-state index in [0.29, 0.717) is 0 Å². The minimum absolute atomic E-state index is 0.0231. The zero-order valence-electron chi connectivity index (χ0n) is 31.7. The molecule has 2 aliphatic carbocycles. The van der Waals surface area contributed by atoms with Gasteiger partial charge in [0.15, 0.2) is 0 Å². The van der Waals surface area contributed by atoms with E-state index in [2.05, 4.69) is 187 Å². The molecular weight excluding hydrogens is 739 g/mol. The second-order valence-electron chi connectivity index (χ2n) is 16.6. The molecule has 0 radical (unpaired) electrons. The number of fused-ring (bicyclic) bond motifs is 3. The molecule has 0 aliphatic heterocycles. The van der Waals surface area contributed by atoms with Gasteiger partial charge in [-0.1, -0.05) is 0 Å². The summed E-state index contributed by atoms with van der Waals surface area (Å²) in [6, 6.07) is 49.8. The predicted octanol–water partition coefficient (Wildman–Crippen LogP) is 13.2. The molecule has 0 N–H and O–H groups in total. The van der Waals surface area contributed by atoms with E-state index in [0.717, 1.165) is 17.9 Å². The van der Waals surface area contributed by atoms with Crippen molar-refractivity contribution in [2.75, 3.05) is 0 Å². The van der Waals surface area contributed by atoms with Crippen molar-refractivity contribution < 1.29 is 21.3 Å². The predicted molar refractivity (Wildman–Crippen MR) is 226 cm³/mol. The second-order valence-corrected chi connectivity index (χ2v) is 22.9. The summed E-state index contributed by atoms with van der Waals surface area (Å²) in [7, 11) is 0. The summed E-state index contributed by atoms with van der Waals surface area (Å²) in [5.41, 5.74) is 16.5. The number of rotatable bonds is 6. The van der Waals surface area contributed by atoms with E-state index >= 15 is 0 Å². The molecule has 2 aliphatic rings. The van der Waals surface area contributed by atoms with Crippen molar-refractivity contribution in [1.29, 1.82) is 0 Å². The number of allylic oxidation sites excluding steroid dienone is 4. The Hall–Kier alpha value is -4.16. The molecule has 0 unspecified atom stereocenters. The van der Waals surface area contributed by atoms with Crippen LogP contribution < -0.4 is 3.27 Å². The Morgan fingerprint density at radius 1 is 0.585 bits per heavy atom. The molecule has 53 heavy (non-hydrogen) atoms. The molecule has 0 fully saturated rings. The zero-order chi connectivity index (χ0) is 36.9. The van der Waals surface area contributed by atoms with E-state index in [1.54, 1.807) is 6.55 Å². The molecule has 6 aromatic rings. The van der Waals surface area contributed by atoms with Crippen molar-refractivity contribution in [3.8, 4) is 33.4 Å². The van der Waals surface area contributed by atoms with Gasteiger partial charge in [0.25, 0.3) is 0 Å². The van der Waals surface area contributed by atoms with Crippen molar-refractivity contribution in [3.63, 3.8) is 0 Å². The maximum absolute atomic E-state index is 6.85. The van der Waals surface area contributed by atoms with Gasteiger partial charge in [0, 0.05) is 0 Å². The van der Waals surface area contributed by atoms with Crippen molar-refractivity contribution in [2.45, 2.75) is 65.2 Å². The Morgan fingerprint density at radius 2 is 1.19 bits per heavy atom. The van der Waals surface area contributed by atoms with Gasteiger partial charge in [-0.3, -0.25) is 0 Å². The third-order valence-corrected chi connectivity index (χ3v) is 18.8. The van der Waals surface area contributed by atoms with Gasteiger partial charge in [-0.15, -0.1) is 0 Å². The van der Waals surface area contributed by atoms with Crippen LogP contribution in [0, 0.1) is 0 Å². The van der Waals surface area contributed by atoms with Crippen molar-refractivity contribution >= 4 is 18.1 Å². The van der Waals surface area contributed by atoms with Crippen LogP contribution in [0.3, 0.4) is 0 Å². The van der Waals surface area contributed by atoms with Gasteiger partial charge in [-0.2, -0.15) is 0 Å². The maximum atomic E-state index is 6.85. The third kappa shape index (κ3) is 6.89. The standard InChI is InChI=1S/C33H33.C13H9Cl.C5H5.Zr/c1-32(2,3)30-20-26-24(18-28(30)22-13-9-7-10-14-22)17-25-19-29(23-15-11-8-12-16-23)31(21-27(25)26)33(4,5)6;14-13-8-4-7-12(10-13)9-11-5-2-1-3-6-11;1-2-4-5-3-1;/h7-16,18,20-21H,17H2,1-6H3;1-8,10H;1-3H,4H2;. The van der Waals surface area contributed by atoms with Crippen LogP contribution in [0.4, 0.5) is 0 Å². The van der Waals surface area contributed by atoms with E-state index < -0.39 is 21.3 Å². The van der Waals surface area contributed by atoms with Gasteiger partial charge in [0.05, 0.1) is 0 Å². The minimum atomic E-state index is -3.08. The van der Waals surface area contributed by atoms with Crippen LogP contribution >= 0.6 is 11.6 Å². The molecule has 0 saturated heterocycles. The van der Waals surface area contributed by atoms with Crippen molar-refractivity contribution in [2.24, 2.45) is 0 Å². The molecular formula is C51H47ClZr. The SMILES string of the molecule is CC(C)(C)c1cc2c(cc1-c1ccccc1)Cc1c-2cc(C(C)(C)C)c(-c2ccccc2)[c]1/[Zr]([C]1=CC=CC1)=[C](/c1ccccc1)c1cccc(Cl)c1. The summed E-state index contributed by atoms with van der Waals surface area (Å²) in [5.74, 6) is 0. The summed E-state index contributed by atoms with van der Waals surface area (Å²) in [4.78, 5) is 0. The van der Waals surface area contributed by atoms with Crippen LogP contribution in [-0.4, -0.2) is 3.21 Å². The summed E-state index contributed by atoms with van der Waals surface area (Å²) in [6.07, 6.45) is 9.04. The monoisotopic (exact) mass is 784 g/mol. The Labute approximate surface area is 329 Å². The normalized spacial score (nSPS) is 14.1. The molecule has 0 nitrogen and oxygen atoms in total.